The molecule has 0 spiro atoms. The Morgan fingerprint density at radius 2 is 2.17 bits per heavy atom. The van der Waals surface area contributed by atoms with Crippen LogP contribution in [-0.2, 0) is 16.1 Å². The van der Waals surface area contributed by atoms with Crippen molar-refractivity contribution in [1.29, 1.82) is 0 Å². The number of amides is 1. The van der Waals surface area contributed by atoms with Crippen molar-refractivity contribution in [2.45, 2.75) is 25.4 Å². The molecule has 2 aromatic rings. The van der Waals surface area contributed by atoms with E-state index in [1.165, 1.54) is 4.68 Å². The third-order valence-electron chi connectivity index (χ3n) is 3.81. The van der Waals surface area contributed by atoms with E-state index in [-0.39, 0.29) is 18.5 Å². The molecular weight excluding hydrogens is 296 g/mol. The number of nitrogens with zero attached hydrogens (tertiary/aromatic N) is 3. The average Bonchev–Trinajstić information content (AvgIpc) is 3.03. The molecule has 7 nitrogen and oxygen atoms in total. The highest BCUT2D eigenvalue weighted by Gasteiger charge is 2.17. The van der Waals surface area contributed by atoms with E-state index in [0.29, 0.717) is 18.9 Å². The van der Waals surface area contributed by atoms with E-state index in [9.17, 15) is 4.79 Å². The lowest BCUT2D eigenvalue weighted by atomic mass is 10.1. The largest absolute Gasteiger partial charge is 0.496 e. The minimum absolute atomic E-state index is 0.0617. The average molecular weight is 316 g/mol. The predicted octanol–water partition coefficient (Wildman–Crippen LogP) is 1.25. The number of aromatic nitrogens is 3. The van der Waals surface area contributed by atoms with Crippen LogP contribution in [0.15, 0.2) is 30.5 Å². The maximum Gasteiger partial charge on any atom is 0.242 e. The molecule has 3 rings (SSSR count). The van der Waals surface area contributed by atoms with Crippen LogP contribution < -0.4 is 10.1 Å². The fraction of sp³-hybridized carbons (Fsp3) is 0.438. The van der Waals surface area contributed by atoms with Crippen molar-refractivity contribution >= 4 is 5.91 Å². The Morgan fingerprint density at radius 3 is 2.96 bits per heavy atom. The monoisotopic (exact) mass is 316 g/mol. The van der Waals surface area contributed by atoms with Crippen LogP contribution in [0, 0.1) is 0 Å². The maximum atomic E-state index is 12.1. The Morgan fingerprint density at radius 1 is 1.39 bits per heavy atom. The molecule has 1 N–H and O–H groups in total. The van der Waals surface area contributed by atoms with E-state index < -0.39 is 0 Å². The van der Waals surface area contributed by atoms with Gasteiger partial charge in [0.25, 0.3) is 0 Å². The quantitative estimate of drug-likeness (QED) is 0.898. The van der Waals surface area contributed by atoms with Crippen molar-refractivity contribution in [3.8, 4) is 17.0 Å². The summed E-state index contributed by atoms with van der Waals surface area (Å²) in [5, 5.41) is 11.2. The molecule has 0 saturated carbocycles. The molecule has 1 aliphatic rings. The number of hydrogen-bond donors (Lipinski definition) is 1. The van der Waals surface area contributed by atoms with E-state index in [1.807, 2.05) is 24.3 Å². The van der Waals surface area contributed by atoms with Crippen molar-refractivity contribution in [2.24, 2.45) is 0 Å². The van der Waals surface area contributed by atoms with Crippen LogP contribution in [0.25, 0.3) is 11.3 Å². The normalized spacial score (nSPS) is 15.3. The van der Waals surface area contributed by atoms with Crippen LogP contribution in [0.2, 0.25) is 0 Å². The maximum absolute atomic E-state index is 12.1. The van der Waals surface area contributed by atoms with E-state index in [1.54, 1.807) is 13.3 Å². The van der Waals surface area contributed by atoms with E-state index in [4.69, 9.17) is 9.47 Å². The molecular formula is C16H20N4O3. The summed E-state index contributed by atoms with van der Waals surface area (Å²) in [7, 11) is 1.62. The zero-order valence-corrected chi connectivity index (χ0v) is 13.1. The third-order valence-corrected chi connectivity index (χ3v) is 3.81. The van der Waals surface area contributed by atoms with Gasteiger partial charge >= 0.3 is 0 Å². The second-order valence-electron chi connectivity index (χ2n) is 5.46. The van der Waals surface area contributed by atoms with Gasteiger partial charge in [-0.3, -0.25) is 4.79 Å². The van der Waals surface area contributed by atoms with Gasteiger partial charge in [-0.05, 0) is 25.0 Å². The molecule has 1 aromatic carbocycles. The summed E-state index contributed by atoms with van der Waals surface area (Å²) in [6, 6.07) is 7.78. The van der Waals surface area contributed by atoms with Gasteiger partial charge in [-0.1, -0.05) is 17.3 Å². The highest BCUT2D eigenvalue weighted by atomic mass is 16.5. The van der Waals surface area contributed by atoms with Gasteiger partial charge in [0.1, 0.15) is 18.0 Å². The second kappa shape index (κ2) is 7.23. The zero-order chi connectivity index (χ0) is 16.1. The first-order valence-electron chi connectivity index (χ1n) is 7.67. The minimum atomic E-state index is -0.0617. The van der Waals surface area contributed by atoms with Crippen LogP contribution in [0.1, 0.15) is 12.8 Å². The SMILES string of the molecule is COc1ccccc1-c1cn(CC(=O)NC2CCOCC2)nn1. The van der Waals surface area contributed by atoms with Gasteiger partial charge in [0.15, 0.2) is 0 Å². The molecule has 0 unspecified atom stereocenters. The Kier molecular flexibility index (Phi) is 4.87. The first-order valence-corrected chi connectivity index (χ1v) is 7.67. The number of hydrogen-bond acceptors (Lipinski definition) is 5. The summed E-state index contributed by atoms with van der Waals surface area (Å²) in [6.45, 7) is 1.55. The molecule has 1 saturated heterocycles. The molecule has 2 heterocycles. The second-order valence-corrected chi connectivity index (χ2v) is 5.46. The summed E-state index contributed by atoms with van der Waals surface area (Å²) in [5.74, 6) is 0.666. The molecule has 122 valence electrons. The summed E-state index contributed by atoms with van der Waals surface area (Å²) >= 11 is 0. The summed E-state index contributed by atoms with van der Waals surface area (Å²) in [5.41, 5.74) is 1.53. The molecule has 7 heteroatoms. The van der Waals surface area contributed by atoms with Crippen LogP contribution in [0.3, 0.4) is 0 Å². The molecule has 1 aliphatic heterocycles. The van der Waals surface area contributed by atoms with Gasteiger partial charge in [0, 0.05) is 24.8 Å². The van der Waals surface area contributed by atoms with E-state index in [0.717, 1.165) is 24.2 Å². The van der Waals surface area contributed by atoms with Crippen molar-refractivity contribution in [3.63, 3.8) is 0 Å². The van der Waals surface area contributed by atoms with Gasteiger partial charge in [-0.25, -0.2) is 4.68 Å². The van der Waals surface area contributed by atoms with E-state index in [2.05, 4.69) is 15.6 Å². The smallest absolute Gasteiger partial charge is 0.242 e. The number of nitrogens with one attached hydrogen (secondary N) is 1. The third kappa shape index (κ3) is 3.87. The molecule has 1 amide bonds. The number of benzene rings is 1. The number of para-hydroxylation sites is 1. The summed E-state index contributed by atoms with van der Waals surface area (Å²) in [4.78, 5) is 12.1. The lowest BCUT2D eigenvalue weighted by molar-refractivity contribution is -0.123. The molecule has 0 radical (unpaired) electrons. The highest BCUT2D eigenvalue weighted by molar-refractivity contribution is 5.76. The fourth-order valence-corrected chi connectivity index (χ4v) is 2.62. The standard InChI is InChI=1S/C16H20N4O3/c1-22-15-5-3-2-4-13(15)14-10-20(19-18-14)11-16(21)17-12-6-8-23-9-7-12/h2-5,10,12H,6-9,11H2,1H3,(H,17,21). The van der Waals surface area contributed by atoms with Gasteiger partial charge in [0.05, 0.1) is 13.3 Å². The summed E-state index contributed by atoms with van der Waals surface area (Å²) in [6.07, 6.45) is 3.46. The van der Waals surface area contributed by atoms with Gasteiger partial charge < -0.3 is 14.8 Å². The molecule has 1 fully saturated rings. The number of carbonyl (C=O) groups excluding carboxylic acids is 1. The molecule has 0 bridgehead atoms. The lowest BCUT2D eigenvalue weighted by Gasteiger charge is -2.22. The predicted molar refractivity (Wildman–Crippen MR) is 84.0 cm³/mol. The first kappa shape index (κ1) is 15.5. The number of rotatable bonds is 5. The first-order chi connectivity index (χ1) is 11.3. The topological polar surface area (TPSA) is 78.3 Å². The molecule has 23 heavy (non-hydrogen) atoms. The molecule has 0 aliphatic carbocycles. The summed E-state index contributed by atoms with van der Waals surface area (Å²) < 4.78 is 12.1. The number of ether oxygens (including phenoxy) is 2. The van der Waals surface area contributed by atoms with Gasteiger partial charge in [-0.2, -0.15) is 0 Å². The van der Waals surface area contributed by atoms with Crippen molar-refractivity contribution in [3.05, 3.63) is 30.5 Å². The van der Waals surface area contributed by atoms with Crippen molar-refractivity contribution in [1.82, 2.24) is 20.3 Å². The van der Waals surface area contributed by atoms with Crippen molar-refractivity contribution in [2.75, 3.05) is 20.3 Å². The fourth-order valence-electron chi connectivity index (χ4n) is 2.62. The molecule has 1 aromatic heterocycles. The highest BCUT2D eigenvalue weighted by Crippen LogP contribution is 2.27. The Balaban J connectivity index is 1.63. The van der Waals surface area contributed by atoms with Gasteiger partial charge in [-0.15, -0.1) is 5.10 Å². The Bertz CT molecular complexity index is 665. The van der Waals surface area contributed by atoms with Crippen LogP contribution in [-0.4, -0.2) is 47.3 Å². The Labute approximate surface area is 134 Å². The van der Waals surface area contributed by atoms with Gasteiger partial charge in [0.2, 0.25) is 5.91 Å². The molecule has 0 atom stereocenters. The Hall–Kier alpha value is -2.41. The van der Waals surface area contributed by atoms with Crippen LogP contribution in [0.5, 0.6) is 5.75 Å². The lowest BCUT2D eigenvalue weighted by Crippen LogP contribution is -2.40. The van der Waals surface area contributed by atoms with Crippen LogP contribution >= 0.6 is 0 Å². The van der Waals surface area contributed by atoms with Crippen molar-refractivity contribution < 1.29 is 14.3 Å². The zero-order valence-electron chi connectivity index (χ0n) is 13.1. The number of carbonyl (C=O) groups is 1. The number of methoxy groups -OCH3 is 1. The minimum Gasteiger partial charge on any atom is -0.496 e. The van der Waals surface area contributed by atoms with Crippen LogP contribution in [0.4, 0.5) is 0 Å². The van der Waals surface area contributed by atoms with E-state index >= 15 is 0 Å².